The molecular weight excluding hydrogens is 1400 g/mol. The Morgan fingerprint density at radius 3 is 0.860 bits per heavy atom. The zero-order valence-electron chi connectivity index (χ0n) is 54.4. The fourth-order valence-corrected chi connectivity index (χ4v) is 10.9. The molecule has 3 aliphatic rings. The number of methoxy groups -OCH3 is 3. The number of carbonyl (C=O) groups is 6. The van der Waals surface area contributed by atoms with E-state index >= 15 is 0 Å². The molecule has 0 bridgehead atoms. The van der Waals surface area contributed by atoms with Crippen LogP contribution in [0.15, 0.2) is 104 Å². The van der Waals surface area contributed by atoms with Gasteiger partial charge in [0, 0.05) is 51.8 Å². The van der Waals surface area contributed by atoms with E-state index in [1.165, 1.54) is 39.6 Å². The van der Waals surface area contributed by atoms with Crippen molar-refractivity contribution in [3.63, 3.8) is 0 Å². The average Bonchev–Trinajstić information content (AvgIpc) is 1.82. The predicted octanol–water partition coefficient (Wildman–Crippen LogP) is 4.56. The maximum absolute atomic E-state index is 12.7. The van der Waals surface area contributed by atoms with Crippen LogP contribution in [0, 0.1) is 16.2 Å². The number of fused-ring (bicyclic) bond motifs is 3. The Labute approximate surface area is 568 Å². The first-order valence-corrected chi connectivity index (χ1v) is 32.6. The van der Waals surface area contributed by atoms with Gasteiger partial charge in [0.25, 0.3) is 17.7 Å². The summed E-state index contributed by atoms with van der Waals surface area (Å²) in [6, 6.07) is 14.0. The lowest BCUT2D eigenvalue weighted by atomic mass is 9.94. The van der Waals surface area contributed by atoms with Crippen LogP contribution in [0.25, 0.3) is 0 Å². The van der Waals surface area contributed by atoms with Gasteiger partial charge in [-0.3, -0.25) is 28.8 Å². The predicted molar refractivity (Wildman–Crippen MR) is 361 cm³/mol. The molecule has 0 radical (unpaired) electrons. The van der Waals surface area contributed by atoms with E-state index < -0.39 is 109 Å². The van der Waals surface area contributed by atoms with Crippen molar-refractivity contribution in [1.29, 1.82) is 0 Å². The Morgan fingerprint density at radius 1 is 0.430 bits per heavy atom. The maximum Gasteiger partial charge on any atom is 0.252 e. The molecule has 27 heteroatoms. The molecule has 1 unspecified atom stereocenters. The van der Waals surface area contributed by atoms with Gasteiger partial charge in [0.2, 0.25) is 17.7 Å². The first kappa shape index (κ1) is 80.1. The number of nitrogens with one attached hydrogen (secondary N) is 6. The maximum atomic E-state index is 12.7. The summed E-state index contributed by atoms with van der Waals surface area (Å²) in [7, 11) is 3.62. The summed E-state index contributed by atoms with van der Waals surface area (Å²) < 4.78 is 17.9. The number of hydrogen-bond acceptors (Lipinski definition) is 18. The molecule has 0 aromatic heterocycles. The van der Waals surface area contributed by atoms with Crippen molar-refractivity contribution >= 4 is 100 Å². The number of rotatable bonds is 21. The van der Waals surface area contributed by atoms with Crippen LogP contribution in [0.1, 0.15) is 98.3 Å². The number of carbonyl (C=O) groups excluding carboxylic acids is 6. The van der Waals surface area contributed by atoms with Gasteiger partial charge in [0.05, 0.1) is 0 Å². The number of aliphatic hydroxyl groups is 9. The van der Waals surface area contributed by atoms with Crippen LogP contribution in [0.3, 0.4) is 0 Å². The first-order chi connectivity index (χ1) is 43.3. The number of halogens is 3. The van der Waals surface area contributed by atoms with Crippen LogP contribution in [-0.4, -0.2) is 194 Å². The molecule has 15 N–H and O–H groups in total. The van der Waals surface area contributed by atoms with Crippen LogP contribution >= 0.6 is 47.8 Å². The van der Waals surface area contributed by atoms with Crippen LogP contribution in [0.5, 0.6) is 0 Å². The van der Waals surface area contributed by atoms with E-state index in [-0.39, 0.29) is 34.0 Å². The number of anilines is 3. The van der Waals surface area contributed by atoms with E-state index in [1.54, 1.807) is 36.4 Å². The minimum absolute atomic E-state index is 0.232. The normalized spacial score (nSPS) is 20.9. The summed E-state index contributed by atoms with van der Waals surface area (Å²) in [4.78, 5) is 75.8. The molecule has 3 heterocycles. The topological polar surface area (TPSA) is 384 Å². The molecule has 3 aromatic rings. The van der Waals surface area contributed by atoms with E-state index in [2.05, 4.69) is 79.7 Å². The van der Waals surface area contributed by atoms with Gasteiger partial charge in [0.1, 0.15) is 73.1 Å². The van der Waals surface area contributed by atoms with Crippen molar-refractivity contribution in [2.75, 3.05) is 37.3 Å². The average molecular weight is 1500 g/mol. The van der Waals surface area contributed by atoms with E-state index in [1.807, 2.05) is 98.7 Å². The molecule has 6 rings (SSSR count). The number of ether oxygens (including phenoxy) is 3. The highest BCUT2D eigenvalue weighted by Crippen LogP contribution is 2.30. The van der Waals surface area contributed by atoms with Gasteiger partial charge in [-0.15, -0.1) is 0 Å². The Hall–Kier alpha value is -5.34. The molecular formula is C66H93Br3N6O18. The third-order valence-corrected chi connectivity index (χ3v) is 16.4. The monoisotopic (exact) mass is 1490 g/mol. The number of aryl methyl sites for hydroxylation is 3. The Kier molecular flexibility index (Phi) is 31.1. The molecule has 0 aliphatic carbocycles. The van der Waals surface area contributed by atoms with E-state index in [0.717, 1.165) is 30.1 Å². The minimum atomic E-state index is -1.70. The first-order valence-electron chi connectivity index (χ1n) is 30.3. The molecule has 0 fully saturated rings. The summed E-state index contributed by atoms with van der Waals surface area (Å²) >= 11 is 10.2. The minimum Gasteiger partial charge on any atom is -0.387 e. The van der Waals surface area contributed by atoms with Gasteiger partial charge >= 0.3 is 0 Å². The van der Waals surface area contributed by atoms with E-state index in [0.29, 0.717) is 55.6 Å². The lowest BCUT2D eigenvalue weighted by molar-refractivity contribution is -0.150. The standard InChI is InChI=1S/3C22H31BrN2O6/c3*1-22(2,3)10-9-16(26)17(27)18(28)19(31-4)21(30)25-15-7-5-12-11-13(23)6-8-14(12)24-20(15)29/h3*6,8-11,15-19,26-28H,5,7H2,1-4H3,(H,24,29)(H,25,30)/b3*10-9+/t15?,16-,17+,18-,19-;15-,16+,17-,18+,19+;15-,16-,17+,18-,19-/m101/s1. The molecule has 0 saturated heterocycles. The number of aliphatic hydroxyl groups excluding tert-OH is 9. The molecule has 3 aromatic carbocycles. The SMILES string of the molecule is CO[C@@H](C(=O)NC1CCc2cc(Br)ccc2NC1=O)[C@H](O)[C@@H](O)[C@H](O)/C=C/C(C)(C)C.CO[C@@H](C(=O)N[C@@H]1CCc2cc(Br)ccc2NC1=O)[C@H](O)[C@@H](O)[C@H](O)/C=C/C(C)(C)C.CO[C@@H](C(=O)N[C@H]1CCc2cc(Br)ccc2NC1=O)[C@H](O)[C@@H](O)[C@H](O)/C=C/C(C)(C)C. The lowest BCUT2D eigenvalue weighted by Gasteiger charge is -2.28. The fraction of sp³-hybridized carbons (Fsp3) is 0.545. The number of allylic oxidation sites excluding steroid dienone is 3. The summed E-state index contributed by atoms with van der Waals surface area (Å²) in [6.07, 6.45) is -6.76. The Balaban J connectivity index is 0.000000297. The highest BCUT2D eigenvalue weighted by atomic mass is 79.9. The number of hydrogen-bond donors (Lipinski definition) is 15. The van der Waals surface area contributed by atoms with Crippen molar-refractivity contribution in [2.45, 2.75) is 192 Å². The van der Waals surface area contributed by atoms with Crippen LogP contribution in [-0.2, 0) is 62.2 Å². The second kappa shape index (κ2) is 36.1. The van der Waals surface area contributed by atoms with Crippen molar-refractivity contribution in [3.05, 3.63) is 121 Å². The van der Waals surface area contributed by atoms with Crippen molar-refractivity contribution < 1.29 is 88.9 Å². The quantitative estimate of drug-likeness (QED) is 0.0650. The lowest BCUT2D eigenvalue weighted by Crippen LogP contribution is -2.55. The summed E-state index contributed by atoms with van der Waals surface area (Å²) in [5.74, 6) is -3.41. The molecule has 516 valence electrons. The molecule has 3 aliphatic heterocycles. The van der Waals surface area contributed by atoms with Crippen molar-refractivity contribution in [1.82, 2.24) is 16.0 Å². The fourth-order valence-electron chi connectivity index (χ4n) is 9.65. The third-order valence-electron chi connectivity index (χ3n) is 14.9. The smallest absolute Gasteiger partial charge is 0.252 e. The number of amides is 6. The molecule has 6 amide bonds. The van der Waals surface area contributed by atoms with E-state index in [4.69, 9.17) is 14.2 Å². The largest absolute Gasteiger partial charge is 0.387 e. The summed E-state index contributed by atoms with van der Waals surface area (Å²) in [5.41, 5.74) is 4.15. The van der Waals surface area contributed by atoms with Gasteiger partial charge in [-0.25, -0.2) is 0 Å². The van der Waals surface area contributed by atoms with Gasteiger partial charge in [-0.2, -0.15) is 0 Å². The molecule has 15 atom stereocenters. The third kappa shape index (κ3) is 25.3. The van der Waals surface area contributed by atoms with Crippen LogP contribution in [0.2, 0.25) is 0 Å². The van der Waals surface area contributed by atoms with Crippen LogP contribution < -0.4 is 31.9 Å². The Morgan fingerprint density at radius 2 is 0.656 bits per heavy atom. The second-order valence-corrected chi connectivity index (χ2v) is 29.0. The van der Waals surface area contributed by atoms with E-state index in [9.17, 15) is 74.7 Å². The highest BCUT2D eigenvalue weighted by molar-refractivity contribution is 9.11. The molecule has 24 nitrogen and oxygen atoms in total. The summed E-state index contributed by atoms with van der Waals surface area (Å²) in [6.45, 7) is 17.2. The zero-order valence-corrected chi connectivity index (χ0v) is 59.2. The zero-order chi connectivity index (χ0) is 70.0. The molecule has 0 saturated carbocycles. The van der Waals surface area contributed by atoms with Gasteiger partial charge < -0.3 is 92.1 Å². The van der Waals surface area contributed by atoms with Crippen molar-refractivity contribution in [2.24, 2.45) is 16.2 Å². The second-order valence-electron chi connectivity index (χ2n) is 26.2. The van der Waals surface area contributed by atoms with Crippen LogP contribution in [0.4, 0.5) is 17.1 Å². The molecule has 93 heavy (non-hydrogen) atoms. The van der Waals surface area contributed by atoms with Gasteiger partial charge in [0.15, 0.2) is 18.3 Å². The number of benzene rings is 3. The van der Waals surface area contributed by atoms with Gasteiger partial charge in [-0.05, 0) is 126 Å². The molecule has 0 spiro atoms. The highest BCUT2D eigenvalue weighted by Gasteiger charge is 2.41. The van der Waals surface area contributed by atoms with Crippen molar-refractivity contribution in [3.8, 4) is 0 Å². The van der Waals surface area contributed by atoms with Gasteiger partial charge in [-0.1, -0.05) is 147 Å². The Bertz CT molecular complexity index is 2790. The summed E-state index contributed by atoms with van der Waals surface area (Å²) in [5, 5.41) is 109.